The Labute approximate surface area is 131 Å². The van der Waals surface area contributed by atoms with Gasteiger partial charge in [-0.05, 0) is 52.0 Å². The van der Waals surface area contributed by atoms with Crippen molar-refractivity contribution < 1.29 is 0 Å². The van der Waals surface area contributed by atoms with Crippen molar-refractivity contribution in [3.8, 4) is 6.07 Å². The van der Waals surface area contributed by atoms with Crippen LogP contribution in [0.2, 0.25) is 0 Å². The van der Waals surface area contributed by atoms with E-state index in [4.69, 9.17) is 0 Å². The lowest BCUT2D eigenvalue weighted by atomic mass is 9.86. The van der Waals surface area contributed by atoms with E-state index in [0.29, 0.717) is 12.0 Å². The van der Waals surface area contributed by atoms with Crippen molar-refractivity contribution in [2.24, 2.45) is 5.92 Å². The van der Waals surface area contributed by atoms with Crippen LogP contribution in [-0.2, 0) is 0 Å². The zero-order chi connectivity index (χ0) is 15.3. The van der Waals surface area contributed by atoms with Crippen LogP contribution in [0.3, 0.4) is 0 Å². The topological polar surface area (TPSA) is 61.6 Å². The number of thioether (sulfide) groups is 1. The lowest BCUT2D eigenvalue weighted by molar-refractivity contribution is 0.289. The third-order valence-corrected chi connectivity index (χ3v) is 4.93. The van der Waals surface area contributed by atoms with Gasteiger partial charge in [0.25, 0.3) is 0 Å². The molecule has 1 saturated carbocycles. The first kappa shape index (κ1) is 16.3. The van der Waals surface area contributed by atoms with Crippen LogP contribution in [0.4, 0.5) is 0 Å². The van der Waals surface area contributed by atoms with E-state index in [2.05, 4.69) is 35.2 Å². The van der Waals surface area contributed by atoms with Gasteiger partial charge in [0.2, 0.25) is 0 Å². The second-order valence-corrected chi connectivity index (χ2v) is 7.15. The molecule has 2 atom stereocenters. The molecule has 1 aliphatic rings. The molecule has 0 bridgehead atoms. The molecule has 5 heteroatoms. The van der Waals surface area contributed by atoms with Gasteiger partial charge < -0.3 is 0 Å². The van der Waals surface area contributed by atoms with Crippen LogP contribution < -0.4 is 5.32 Å². The van der Waals surface area contributed by atoms with E-state index in [1.165, 1.54) is 0 Å². The maximum Gasteiger partial charge on any atom is 0.187 e. The normalized spacial score (nSPS) is 25.2. The van der Waals surface area contributed by atoms with Gasteiger partial charge in [-0.1, -0.05) is 18.2 Å². The number of nitrogens with one attached hydrogen (secondary N) is 1. The number of aromatic nitrogens is 2. The summed E-state index contributed by atoms with van der Waals surface area (Å²) >= 11 is 1.69. The maximum absolute atomic E-state index is 9.64. The first-order valence-corrected chi connectivity index (χ1v) is 8.66. The summed E-state index contributed by atoms with van der Waals surface area (Å²) in [6.45, 7) is 6.21. The largest absolute Gasteiger partial charge is 0.297 e. The lowest BCUT2D eigenvalue weighted by Gasteiger charge is -2.32. The van der Waals surface area contributed by atoms with E-state index >= 15 is 0 Å². The third kappa shape index (κ3) is 4.18. The molecule has 1 N–H and O–H groups in total. The predicted octanol–water partition coefficient (Wildman–Crippen LogP) is 3.33. The second kappa shape index (κ2) is 7.24. The fourth-order valence-electron chi connectivity index (χ4n) is 3.14. The zero-order valence-corrected chi connectivity index (χ0v) is 13.9. The molecule has 2 rings (SSSR count). The Balaban J connectivity index is 1.91. The molecule has 2 unspecified atom stereocenters. The summed E-state index contributed by atoms with van der Waals surface area (Å²) in [6.07, 6.45) is 6.10. The summed E-state index contributed by atoms with van der Waals surface area (Å²) in [7, 11) is 0. The van der Waals surface area contributed by atoms with Gasteiger partial charge in [-0.3, -0.25) is 5.32 Å². The minimum atomic E-state index is -0.331. The summed E-state index contributed by atoms with van der Waals surface area (Å²) in [5, 5.41) is 14.0. The molecular weight excluding hydrogens is 280 g/mol. The van der Waals surface area contributed by atoms with Crippen molar-refractivity contribution in [3.63, 3.8) is 0 Å². The quantitative estimate of drug-likeness (QED) is 0.645. The molecule has 1 aromatic rings. The summed E-state index contributed by atoms with van der Waals surface area (Å²) in [4.78, 5) is 8.69. The van der Waals surface area contributed by atoms with Gasteiger partial charge in [-0.15, -0.1) is 0 Å². The smallest absolute Gasteiger partial charge is 0.187 e. The minimum absolute atomic E-state index is 0.331. The number of nitriles is 1. The Morgan fingerprint density at radius 3 is 3.05 bits per heavy atom. The van der Waals surface area contributed by atoms with E-state index in [1.54, 1.807) is 18.0 Å². The molecule has 0 aromatic carbocycles. The van der Waals surface area contributed by atoms with E-state index in [-0.39, 0.29) is 5.54 Å². The molecule has 1 aromatic heterocycles. The van der Waals surface area contributed by atoms with Crippen LogP contribution in [0, 0.1) is 24.2 Å². The number of hydrogen-bond donors (Lipinski definition) is 1. The molecule has 114 valence electrons. The van der Waals surface area contributed by atoms with Crippen LogP contribution in [0.1, 0.15) is 45.2 Å². The molecular formula is C16H24N4S. The van der Waals surface area contributed by atoms with E-state index in [0.717, 1.165) is 42.3 Å². The average molecular weight is 304 g/mol. The molecule has 1 heterocycles. The Morgan fingerprint density at radius 1 is 1.57 bits per heavy atom. The van der Waals surface area contributed by atoms with Crippen molar-refractivity contribution >= 4 is 11.8 Å². The monoisotopic (exact) mass is 304 g/mol. The van der Waals surface area contributed by atoms with Gasteiger partial charge in [0, 0.05) is 23.7 Å². The Bertz CT molecular complexity index is 511. The SMILES string of the molecule is Cc1ccnc(SCCC2CCCC2(C#N)NC(C)C)n1. The van der Waals surface area contributed by atoms with Crippen molar-refractivity contribution in [1.82, 2.24) is 15.3 Å². The van der Waals surface area contributed by atoms with Crippen molar-refractivity contribution in [1.29, 1.82) is 5.26 Å². The Morgan fingerprint density at radius 2 is 2.38 bits per heavy atom. The van der Waals surface area contributed by atoms with Crippen LogP contribution in [0.15, 0.2) is 17.4 Å². The standard InChI is InChI=1S/C16H24N4S/c1-12(2)20-16(11-17)8-4-5-14(16)7-10-21-15-18-9-6-13(3)19-15/h6,9,12,14,20H,4-5,7-8,10H2,1-3H3. The van der Waals surface area contributed by atoms with Gasteiger partial charge in [0.05, 0.1) is 6.07 Å². The van der Waals surface area contributed by atoms with Crippen LogP contribution in [-0.4, -0.2) is 27.3 Å². The molecule has 0 aliphatic heterocycles. The molecule has 4 nitrogen and oxygen atoms in total. The van der Waals surface area contributed by atoms with Crippen molar-refractivity contribution in [3.05, 3.63) is 18.0 Å². The summed E-state index contributed by atoms with van der Waals surface area (Å²) in [5.41, 5.74) is 0.670. The summed E-state index contributed by atoms with van der Waals surface area (Å²) < 4.78 is 0. The fourth-order valence-corrected chi connectivity index (χ4v) is 4.07. The molecule has 0 amide bonds. The van der Waals surface area contributed by atoms with Gasteiger partial charge in [-0.25, -0.2) is 9.97 Å². The first-order chi connectivity index (χ1) is 10.1. The Hall–Kier alpha value is -1.12. The highest BCUT2D eigenvalue weighted by atomic mass is 32.2. The van der Waals surface area contributed by atoms with Crippen LogP contribution in [0.5, 0.6) is 0 Å². The third-order valence-electron chi connectivity index (χ3n) is 4.04. The molecule has 1 fully saturated rings. The van der Waals surface area contributed by atoms with Crippen molar-refractivity contribution in [2.75, 3.05) is 5.75 Å². The molecule has 0 spiro atoms. The van der Waals surface area contributed by atoms with Gasteiger partial charge >= 0.3 is 0 Å². The highest BCUT2D eigenvalue weighted by Gasteiger charge is 2.42. The highest BCUT2D eigenvalue weighted by Crippen LogP contribution is 2.38. The van der Waals surface area contributed by atoms with E-state index in [1.807, 2.05) is 13.0 Å². The summed E-state index contributed by atoms with van der Waals surface area (Å²) in [6, 6.07) is 4.82. The summed E-state index contributed by atoms with van der Waals surface area (Å²) in [5.74, 6) is 1.40. The highest BCUT2D eigenvalue weighted by molar-refractivity contribution is 7.99. The zero-order valence-electron chi connectivity index (χ0n) is 13.1. The van der Waals surface area contributed by atoms with Crippen molar-refractivity contribution in [2.45, 2.75) is 63.2 Å². The fraction of sp³-hybridized carbons (Fsp3) is 0.688. The van der Waals surface area contributed by atoms with Gasteiger partial charge in [-0.2, -0.15) is 5.26 Å². The minimum Gasteiger partial charge on any atom is -0.297 e. The lowest BCUT2D eigenvalue weighted by Crippen LogP contribution is -2.50. The molecule has 21 heavy (non-hydrogen) atoms. The average Bonchev–Trinajstić information content (AvgIpc) is 2.82. The first-order valence-electron chi connectivity index (χ1n) is 7.67. The number of hydrogen-bond acceptors (Lipinski definition) is 5. The van der Waals surface area contributed by atoms with E-state index in [9.17, 15) is 5.26 Å². The Kier molecular flexibility index (Phi) is 5.60. The van der Waals surface area contributed by atoms with Crippen LogP contribution in [0.25, 0.3) is 0 Å². The van der Waals surface area contributed by atoms with Gasteiger partial charge in [0.1, 0.15) is 5.54 Å². The molecule has 1 aliphatic carbocycles. The maximum atomic E-state index is 9.64. The molecule has 0 saturated heterocycles. The van der Waals surface area contributed by atoms with E-state index < -0.39 is 0 Å². The van der Waals surface area contributed by atoms with Gasteiger partial charge in [0.15, 0.2) is 5.16 Å². The number of rotatable bonds is 6. The number of aryl methyl sites for hydroxylation is 1. The second-order valence-electron chi connectivity index (χ2n) is 6.09. The molecule has 0 radical (unpaired) electrons. The predicted molar refractivity (Wildman–Crippen MR) is 86.1 cm³/mol. The number of nitrogens with zero attached hydrogens (tertiary/aromatic N) is 3. The van der Waals surface area contributed by atoms with Crippen LogP contribution >= 0.6 is 11.8 Å².